The third kappa shape index (κ3) is 3.84. The van der Waals surface area contributed by atoms with Gasteiger partial charge in [-0.05, 0) is 11.1 Å². The number of hydrogen-bond acceptors (Lipinski definition) is 3. The van der Waals surface area contributed by atoms with E-state index in [1.54, 1.807) is 0 Å². The number of thiol groups is 1. The molecule has 2 rings (SSSR count). The molecule has 0 aliphatic carbocycles. The normalized spacial score (nSPS) is 17.0. The molecule has 0 radical (unpaired) electrons. The quantitative estimate of drug-likeness (QED) is 0.823. The van der Waals surface area contributed by atoms with Crippen LogP contribution in [0.1, 0.15) is 11.1 Å². The highest BCUT2D eigenvalue weighted by Crippen LogP contribution is 2.14. The van der Waals surface area contributed by atoms with E-state index >= 15 is 0 Å². The van der Waals surface area contributed by atoms with Gasteiger partial charge in [-0.2, -0.15) is 0 Å². The lowest BCUT2D eigenvalue weighted by Gasteiger charge is -2.27. The van der Waals surface area contributed by atoms with Crippen molar-refractivity contribution < 1.29 is 9.53 Å². The van der Waals surface area contributed by atoms with Crippen LogP contribution in [0.5, 0.6) is 0 Å². The lowest BCUT2D eigenvalue weighted by atomic mass is 10.0. The van der Waals surface area contributed by atoms with Crippen molar-refractivity contribution in [1.82, 2.24) is 4.90 Å². The van der Waals surface area contributed by atoms with Crippen molar-refractivity contribution in [3.63, 3.8) is 0 Å². The van der Waals surface area contributed by atoms with Crippen LogP contribution in [-0.4, -0.2) is 36.3 Å². The van der Waals surface area contributed by atoms with Gasteiger partial charge < -0.3 is 4.74 Å². The van der Waals surface area contributed by atoms with Crippen molar-refractivity contribution in [1.29, 1.82) is 0 Å². The molecule has 0 unspecified atom stereocenters. The Hall–Kier alpha value is -0.840. The Morgan fingerprint density at radius 2 is 1.88 bits per heavy atom. The molecule has 1 fully saturated rings. The van der Waals surface area contributed by atoms with Crippen LogP contribution in [0, 0.1) is 0 Å². The minimum atomic E-state index is -0.0839. The number of rotatable bonds is 4. The first-order chi connectivity index (χ1) is 8.25. The number of morpholine rings is 1. The molecule has 1 heterocycles. The first-order valence-electron chi connectivity index (χ1n) is 5.84. The molecule has 1 aromatic carbocycles. The highest BCUT2D eigenvalue weighted by molar-refractivity contribution is 7.96. The Balaban J connectivity index is 2.05. The standard InChI is InChI=1S/C13H17NO2S/c15-13(17)9-11-3-1-2-4-12(11)10-14-5-7-16-8-6-14/h1-4H,5-10H2,(H,15,17). The maximum atomic E-state index is 11.1. The minimum Gasteiger partial charge on any atom is -0.379 e. The molecule has 92 valence electrons. The molecule has 0 spiro atoms. The topological polar surface area (TPSA) is 29.5 Å². The van der Waals surface area contributed by atoms with Gasteiger partial charge in [-0.1, -0.05) is 24.3 Å². The average molecular weight is 251 g/mol. The molecule has 1 aliphatic rings. The number of carbonyl (C=O) groups is 1. The molecule has 4 heteroatoms. The van der Waals surface area contributed by atoms with Gasteiger partial charge in [-0.3, -0.25) is 9.69 Å². The summed E-state index contributed by atoms with van der Waals surface area (Å²) in [4.78, 5) is 13.4. The van der Waals surface area contributed by atoms with Crippen molar-refractivity contribution in [2.24, 2.45) is 0 Å². The van der Waals surface area contributed by atoms with Crippen LogP contribution < -0.4 is 0 Å². The molecule has 17 heavy (non-hydrogen) atoms. The van der Waals surface area contributed by atoms with Gasteiger partial charge in [0.15, 0.2) is 5.12 Å². The van der Waals surface area contributed by atoms with Crippen molar-refractivity contribution >= 4 is 17.7 Å². The lowest BCUT2D eigenvalue weighted by molar-refractivity contribution is -0.110. The van der Waals surface area contributed by atoms with E-state index in [9.17, 15) is 4.79 Å². The molecule has 0 aromatic heterocycles. The first kappa shape index (κ1) is 12.6. The largest absolute Gasteiger partial charge is 0.379 e. The van der Waals surface area contributed by atoms with Crippen LogP contribution in [0.25, 0.3) is 0 Å². The predicted molar refractivity (Wildman–Crippen MR) is 70.2 cm³/mol. The molecular weight excluding hydrogens is 234 g/mol. The van der Waals surface area contributed by atoms with E-state index in [0.717, 1.165) is 38.4 Å². The summed E-state index contributed by atoms with van der Waals surface area (Å²) in [6.45, 7) is 4.41. The summed E-state index contributed by atoms with van der Waals surface area (Å²) in [5, 5.41) is -0.0839. The highest BCUT2D eigenvalue weighted by Gasteiger charge is 2.13. The van der Waals surface area contributed by atoms with Gasteiger partial charge in [0.1, 0.15) is 0 Å². The fraction of sp³-hybridized carbons (Fsp3) is 0.462. The summed E-state index contributed by atoms with van der Waals surface area (Å²) in [6.07, 6.45) is 0.406. The van der Waals surface area contributed by atoms with Crippen molar-refractivity contribution in [2.75, 3.05) is 26.3 Å². The average Bonchev–Trinajstić information content (AvgIpc) is 2.32. The fourth-order valence-electron chi connectivity index (χ4n) is 2.05. The summed E-state index contributed by atoms with van der Waals surface area (Å²) in [5.41, 5.74) is 2.30. The smallest absolute Gasteiger partial charge is 0.190 e. The van der Waals surface area contributed by atoms with E-state index < -0.39 is 0 Å². The van der Waals surface area contributed by atoms with Crippen LogP contribution in [0.15, 0.2) is 24.3 Å². The second-order valence-corrected chi connectivity index (χ2v) is 4.73. The van der Waals surface area contributed by atoms with Gasteiger partial charge in [-0.25, -0.2) is 0 Å². The van der Waals surface area contributed by atoms with Crippen molar-refractivity contribution in [2.45, 2.75) is 13.0 Å². The zero-order valence-electron chi connectivity index (χ0n) is 9.76. The zero-order chi connectivity index (χ0) is 12.1. The second-order valence-electron chi connectivity index (χ2n) is 4.23. The fourth-order valence-corrected chi connectivity index (χ4v) is 2.22. The van der Waals surface area contributed by atoms with Crippen LogP contribution in [-0.2, 0) is 22.5 Å². The number of carbonyl (C=O) groups excluding carboxylic acids is 1. The molecule has 3 nitrogen and oxygen atoms in total. The van der Waals surface area contributed by atoms with Gasteiger partial charge in [0, 0.05) is 26.1 Å². The van der Waals surface area contributed by atoms with Crippen molar-refractivity contribution in [3.05, 3.63) is 35.4 Å². The van der Waals surface area contributed by atoms with Crippen LogP contribution in [0.4, 0.5) is 0 Å². The third-order valence-electron chi connectivity index (χ3n) is 2.96. The Morgan fingerprint density at radius 1 is 1.24 bits per heavy atom. The summed E-state index contributed by atoms with van der Waals surface area (Å²) < 4.78 is 5.32. The van der Waals surface area contributed by atoms with E-state index in [1.807, 2.05) is 18.2 Å². The second kappa shape index (κ2) is 6.19. The maximum absolute atomic E-state index is 11.1. The molecule has 0 bridgehead atoms. The summed E-state index contributed by atoms with van der Waals surface area (Å²) in [7, 11) is 0. The van der Waals surface area contributed by atoms with E-state index in [1.165, 1.54) is 5.56 Å². The molecule has 1 aromatic rings. The Kier molecular flexibility index (Phi) is 4.59. The molecule has 0 saturated carbocycles. The van der Waals surface area contributed by atoms with Crippen molar-refractivity contribution in [3.8, 4) is 0 Å². The van der Waals surface area contributed by atoms with Crippen LogP contribution >= 0.6 is 12.6 Å². The number of hydrogen-bond donors (Lipinski definition) is 1. The lowest BCUT2D eigenvalue weighted by Crippen LogP contribution is -2.35. The first-order valence-corrected chi connectivity index (χ1v) is 6.29. The monoisotopic (exact) mass is 251 g/mol. The predicted octanol–water partition coefficient (Wildman–Crippen LogP) is 1.52. The Morgan fingerprint density at radius 3 is 2.53 bits per heavy atom. The van der Waals surface area contributed by atoms with E-state index in [4.69, 9.17) is 4.74 Å². The van der Waals surface area contributed by atoms with E-state index in [0.29, 0.717) is 6.42 Å². The highest BCUT2D eigenvalue weighted by atomic mass is 32.1. The summed E-state index contributed by atoms with van der Waals surface area (Å²) in [6, 6.07) is 8.07. The molecule has 1 aliphatic heterocycles. The Labute approximate surface area is 107 Å². The van der Waals surface area contributed by atoms with Crippen LogP contribution in [0.2, 0.25) is 0 Å². The molecule has 0 N–H and O–H groups in total. The minimum absolute atomic E-state index is 0.0839. The van der Waals surface area contributed by atoms with Gasteiger partial charge in [0.05, 0.1) is 13.2 Å². The molecular formula is C13H17NO2S. The number of ether oxygens (including phenoxy) is 1. The van der Waals surface area contributed by atoms with Gasteiger partial charge in [0.2, 0.25) is 0 Å². The van der Waals surface area contributed by atoms with Gasteiger partial charge in [0.25, 0.3) is 0 Å². The number of nitrogens with zero attached hydrogens (tertiary/aromatic N) is 1. The summed E-state index contributed by atoms with van der Waals surface area (Å²) >= 11 is 3.85. The molecule has 0 amide bonds. The van der Waals surface area contributed by atoms with E-state index in [-0.39, 0.29) is 5.12 Å². The van der Waals surface area contributed by atoms with Gasteiger partial charge >= 0.3 is 0 Å². The SMILES string of the molecule is O=C(S)Cc1ccccc1CN1CCOCC1. The maximum Gasteiger partial charge on any atom is 0.190 e. The third-order valence-corrected chi connectivity index (χ3v) is 3.12. The van der Waals surface area contributed by atoms with Crippen LogP contribution in [0.3, 0.4) is 0 Å². The summed E-state index contributed by atoms with van der Waals surface area (Å²) in [5.74, 6) is 0. The zero-order valence-corrected chi connectivity index (χ0v) is 10.7. The Bertz CT molecular complexity index is 389. The number of benzene rings is 1. The van der Waals surface area contributed by atoms with Gasteiger partial charge in [-0.15, -0.1) is 12.6 Å². The van der Waals surface area contributed by atoms with E-state index in [2.05, 4.69) is 23.6 Å². The molecule has 0 atom stereocenters. The molecule has 1 saturated heterocycles.